The number of hydrogen-bond acceptors (Lipinski definition) is 2. The molecular formula is C16H17N3O2. The Hall–Kier alpha value is -2.82. The molecule has 5 heteroatoms. The van der Waals surface area contributed by atoms with E-state index in [4.69, 9.17) is 0 Å². The Morgan fingerprint density at radius 2 is 1.81 bits per heavy atom. The number of carbonyl (C=O) groups excluding carboxylic acids is 2. The highest BCUT2D eigenvalue weighted by molar-refractivity contribution is 5.98. The van der Waals surface area contributed by atoms with Crippen LogP contribution in [0.2, 0.25) is 0 Å². The molecule has 1 aromatic carbocycles. The molecule has 0 spiro atoms. The predicted octanol–water partition coefficient (Wildman–Crippen LogP) is 2.32. The van der Waals surface area contributed by atoms with Crippen LogP contribution < -0.4 is 10.7 Å². The van der Waals surface area contributed by atoms with Crippen LogP contribution in [0.5, 0.6) is 0 Å². The summed E-state index contributed by atoms with van der Waals surface area (Å²) in [6.45, 7) is 3.40. The maximum Gasteiger partial charge on any atom is 0.247 e. The summed E-state index contributed by atoms with van der Waals surface area (Å²) in [7, 11) is 0. The number of aryl methyl sites for hydroxylation is 1. The maximum absolute atomic E-state index is 11.7. The summed E-state index contributed by atoms with van der Waals surface area (Å²) >= 11 is 0. The van der Waals surface area contributed by atoms with Gasteiger partial charge in [-0.25, -0.2) is 0 Å². The normalized spacial score (nSPS) is 9.90. The molecule has 21 heavy (non-hydrogen) atoms. The van der Waals surface area contributed by atoms with Gasteiger partial charge >= 0.3 is 0 Å². The second-order valence-corrected chi connectivity index (χ2v) is 4.52. The Balaban J connectivity index is 1.81. The van der Waals surface area contributed by atoms with Crippen LogP contribution in [0.15, 0.2) is 61.4 Å². The average molecular weight is 283 g/mol. The van der Waals surface area contributed by atoms with Gasteiger partial charge in [-0.2, -0.15) is 0 Å². The molecule has 5 nitrogen and oxygen atoms in total. The fourth-order valence-corrected chi connectivity index (χ4v) is 1.81. The third kappa shape index (κ3) is 4.65. The zero-order valence-corrected chi connectivity index (χ0v) is 11.6. The smallest absolute Gasteiger partial charge is 0.247 e. The van der Waals surface area contributed by atoms with Crippen LogP contribution in [0.3, 0.4) is 0 Å². The zero-order valence-electron chi connectivity index (χ0n) is 11.6. The lowest BCUT2D eigenvalue weighted by Crippen LogP contribution is -2.21. The molecule has 0 radical (unpaired) electrons. The molecule has 0 bridgehead atoms. The van der Waals surface area contributed by atoms with E-state index in [-0.39, 0.29) is 11.8 Å². The number of rotatable bonds is 6. The number of carbonyl (C=O) groups is 2. The first-order valence-electron chi connectivity index (χ1n) is 6.62. The van der Waals surface area contributed by atoms with Gasteiger partial charge in [0, 0.05) is 24.5 Å². The van der Waals surface area contributed by atoms with E-state index >= 15 is 0 Å². The molecule has 0 aliphatic rings. The van der Waals surface area contributed by atoms with Crippen molar-refractivity contribution in [3.63, 3.8) is 0 Å². The van der Waals surface area contributed by atoms with Crippen molar-refractivity contribution in [1.82, 2.24) is 4.68 Å². The minimum Gasteiger partial charge on any atom is -0.323 e. The second kappa shape index (κ2) is 7.09. The molecule has 0 aliphatic carbocycles. The summed E-state index contributed by atoms with van der Waals surface area (Å²) in [6.07, 6.45) is 5.81. The van der Waals surface area contributed by atoms with Gasteiger partial charge in [0.25, 0.3) is 0 Å². The monoisotopic (exact) mass is 283 g/mol. The van der Waals surface area contributed by atoms with Crippen LogP contribution in [0.25, 0.3) is 0 Å². The van der Waals surface area contributed by atoms with Crippen LogP contribution in [0, 0.1) is 0 Å². The summed E-state index contributed by atoms with van der Waals surface area (Å²) in [5.41, 5.74) is 4.49. The molecular weight excluding hydrogens is 266 g/mol. The Bertz CT molecular complexity index is 615. The van der Waals surface area contributed by atoms with Gasteiger partial charge in [-0.15, -0.1) is 0 Å². The van der Waals surface area contributed by atoms with Gasteiger partial charge in [-0.1, -0.05) is 18.7 Å². The van der Waals surface area contributed by atoms with E-state index in [9.17, 15) is 9.59 Å². The second-order valence-electron chi connectivity index (χ2n) is 4.52. The van der Waals surface area contributed by atoms with Crippen LogP contribution in [-0.2, 0) is 16.0 Å². The largest absolute Gasteiger partial charge is 0.323 e. The average Bonchev–Trinajstić information content (AvgIpc) is 2.99. The first-order valence-corrected chi connectivity index (χ1v) is 6.62. The van der Waals surface area contributed by atoms with Gasteiger partial charge in [0.15, 0.2) is 0 Å². The molecule has 0 aliphatic heterocycles. The number of amides is 2. The van der Waals surface area contributed by atoms with Gasteiger partial charge in [0.2, 0.25) is 11.8 Å². The topological polar surface area (TPSA) is 63.1 Å². The fraction of sp³-hybridized carbons (Fsp3) is 0.125. The van der Waals surface area contributed by atoms with Crippen molar-refractivity contribution < 1.29 is 9.59 Å². The Kier molecular flexibility index (Phi) is 4.93. The van der Waals surface area contributed by atoms with E-state index in [2.05, 4.69) is 17.3 Å². The third-order valence-electron chi connectivity index (χ3n) is 2.91. The molecule has 2 aromatic rings. The van der Waals surface area contributed by atoms with Crippen LogP contribution >= 0.6 is 0 Å². The number of nitrogens with one attached hydrogen (secondary N) is 2. The first-order chi connectivity index (χ1) is 10.2. The van der Waals surface area contributed by atoms with Gasteiger partial charge in [-0.3, -0.25) is 19.7 Å². The van der Waals surface area contributed by atoms with E-state index in [1.807, 2.05) is 24.3 Å². The Labute approximate surface area is 123 Å². The Morgan fingerprint density at radius 3 is 2.43 bits per heavy atom. The molecule has 2 amide bonds. The molecule has 0 saturated heterocycles. The van der Waals surface area contributed by atoms with Gasteiger partial charge in [-0.05, 0) is 42.3 Å². The number of aromatic nitrogens is 1. The highest BCUT2D eigenvalue weighted by Gasteiger charge is 2.03. The van der Waals surface area contributed by atoms with Gasteiger partial charge < -0.3 is 5.32 Å². The molecule has 2 N–H and O–H groups in total. The summed E-state index contributed by atoms with van der Waals surface area (Å²) in [5, 5.41) is 2.67. The zero-order chi connectivity index (χ0) is 15.1. The van der Waals surface area contributed by atoms with Crippen molar-refractivity contribution in [1.29, 1.82) is 0 Å². The van der Waals surface area contributed by atoms with Crippen molar-refractivity contribution in [2.24, 2.45) is 0 Å². The first kappa shape index (κ1) is 14.6. The minimum atomic E-state index is -0.242. The fourth-order valence-electron chi connectivity index (χ4n) is 1.81. The van der Waals surface area contributed by atoms with Crippen molar-refractivity contribution in [2.75, 3.05) is 10.7 Å². The summed E-state index contributed by atoms with van der Waals surface area (Å²) < 4.78 is 1.62. The van der Waals surface area contributed by atoms with Gasteiger partial charge in [0.05, 0.1) is 0 Å². The lowest BCUT2D eigenvalue weighted by molar-refractivity contribution is -0.117. The SMILES string of the molecule is C=CC(=O)Nc1ccc(CCC(=O)Nn2cccc2)cc1. The predicted molar refractivity (Wildman–Crippen MR) is 82.4 cm³/mol. The van der Waals surface area contributed by atoms with Crippen LogP contribution in [0.1, 0.15) is 12.0 Å². The van der Waals surface area contributed by atoms with E-state index in [1.54, 1.807) is 29.2 Å². The summed E-state index contributed by atoms with van der Waals surface area (Å²) in [4.78, 5) is 22.9. The standard InChI is InChI=1S/C16H17N3O2/c1-2-15(20)17-14-8-5-13(6-9-14)7-10-16(21)18-19-11-3-4-12-19/h2-6,8-9,11-12H,1,7,10H2,(H,17,20)(H,18,21). The highest BCUT2D eigenvalue weighted by Crippen LogP contribution is 2.11. The van der Waals surface area contributed by atoms with Crippen molar-refractivity contribution in [3.05, 3.63) is 67.0 Å². The number of nitrogens with zero attached hydrogens (tertiary/aromatic N) is 1. The Morgan fingerprint density at radius 1 is 1.14 bits per heavy atom. The molecule has 0 atom stereocenters. The van der Waals surface area contributed by atoms with Crippen molar-refractivity contribution in [2.45, 2.75) is 12.8 Å². The number of anilines is 1. The summed E-state index contributed by atoms with van der Waals surface area (Å²) in [5.74, 6) is -0.288. The number of benzene rings is 1. The number of hydrogen-bond donors (Lipinski definition) is 2. The van der Waals surface area contributed by atoms with E-state index in [1.165, 1.54) is 6.08 Å². The maximum atomic E-state index is 11.7. The van der Waals surface area contributed by atoms with Crippen molar-refractivity contribution >= 4 is 17.5 Å². The minimum absolute atomic E-state index is 0.0461. The van der Waals surface area contributed by atoms with Crippen LogP contribution in [-0.4, -0.2) is 16.5 Å². The molecule has 0 fully saturated rings. The van der Waals surface area contributed by atoms with Crippen LogP contribution in [0.4, 0.5) is 5.69 Å². The molecule has 108 valence electrons. The van der Waals surface area contributed by atoms with Gasteiger partial charge in [0.1, 0.15) is 0 Å². The van der Waals surface area contributed by atoms with E-state index in [0.717, 1.165) is 5.56 Å². The summed E-state index contributed by atoms with van der Waals surface area (Å²) in [6, 6.07) is 11.1. The van der Waals surface area contributed by atoms with E-state index in [0.29, 0.717) is 18.5 Å². The molecule has 1 heterocycles. The third-order valence-corrected chi connectivity index (χ3v) is 2.91. The highest BCUT2D eigenvalue weighted by atomic mass is 16.2. The lowest BCUT2D eigenvalue weighted by Gasteiger charge is -2.07. The molecule has 2 rings (SSSR count). The molecule has 0 saturated carbocycles. The quantitative estimate of drug-likeness (QED) is 0.799. The molecule has 1 aromatic heterocycles. The lowest BCUT2D eigenvalue weighted by atomic mass is 10.1. The van der Waals surface area contributed by atoms with Crippen molar-refractivity contribution in [3.8, 4) is 0 Å². The van der Waals surface area contributed by atoms with E-state index < -0.39 is 0 Å². The molecule has 0 unspecified atom stereocenters.